The van der Waals surface area contributed by atoms with E-state index in [4.69, 9.17) is 4.52 Å². The van der Waals surface area contributed by atoms with Crippen LogP contribution in [0.1, 0.15) is 0 Å². The molecule has 0 spiro atoms. The first-order valence-corrected chi connectivity index (χ1v) is 6.00. The summed E-state index contributed by atoms with van der Waals surface area (Å²) in [6.07, 6.45) is 0. The van der Waals surface area contributed by atoms with Gasteiger partial charge in [0.25, 0.3) is 0 Å². The molecular formula is C8H10FO2P. The molecule has 0 atom stereocenters. The maximum atomic E-state index is 12.9. The van der Waals surface area contributed by atoms with Gasteiger partial charge in [-0.25, -0.2) is 4.39 Å². The molecule has 0 N–H and O–H groups in total. The van der Waals surface area contributed by atoms with Crippen molar-refractivity contribution in [2.45, 2.75) is 0 Å². The van der Waals surface area contributed by atoms with Crippen molar-refractivity contribution in [2.24, 2.45) is 0 Å². The van der Waals surface area contributed by atoms with E-state index in [0.717, 1.165) is 0 Å². The summed E-state index contributed by atoms with van der Waals surface area (Å²) in [5.41, 5.74) is 0. The van der Waals surface area contributed by atoms with E-state index in [9.17, 15) is 8.96 Å². The molecule has 0 aliphatic carbocycles. The highest BCUT2D eigenvalue weighted by molar-refractivity contribution is 7.57. The van der Waals surface area contributed by atoms with E-state index in [1.54, 1.807) is 12.1 Å². The fourth-order valence-electron chi connectivity index (χ4n) is 0.756. The van der Waals surface area contributed by atoms with Crippen molar-refractivity contribution in [1.82, 2.24) is 0 Å². The minimum atomic E-state index is -2.65. The standard InChI is InChI=1S/C8H10FO2P/c1-12(2,10)11-8-6-4-3-5-7(8)9/h3-6H,1-2H3. The molecule has 0 aliphatic rings. The van der Waals surface area contributed by atoms with Gasteiger partial charge in [-0.15, -0.1) is 0 Å². The molecule has 0 bridgehead atoms. The third-order valence-electron chi connectivity index (χ3n) is 1.15. The molecule has 0 heterocycles. The van der Waals surface area contributed by atoms with Gasteiger partial charge in [-0.1, -0.05) is 12.1 Å². The maximum Gasteiger partial charge on any atom is 0.242 e. The molecule has 0 fully saturated rings. The molecule has 0 saturated carbocycles. The van der Waals surface area contributed by atoms with Crippen LogP contribution in [-0.4, -0.2) is 13.3 Å². The molecule has 1 aromatic rings. The predicted molar refractivity (Wildman–Crippen MR) is 46.5 cm³/mol. The lowest BCUT2D eigenvalue weighted by atomic mass is 10.3. The number of halogens is 1. The normalized spacial score (nSPS) is 11.2. The Labute approximate surface area is 70.8 Å². The number of rotatable bonds is 2. The lowest BCUT2D eigenvalue weighted by Crippen LogP contribution is -1.91. The quantitative estimate of drug-likeness (QED) is 0.667. The molecule has 66 valence electrons. The number of hydrogen-bond acceptors (Lipinski definition) is 2. The Morgan fingerprint density at radius 1 is 1.33 bits per heavy atom. The zero-order valence-electron chi connectivity index (χ0n) is 6.95. The van der Waals surface area contributed by atoms with Crippen LogP contribution in [0, 0.1) is 5.82 Å². The molecule has 2 nitrogen and oxygen atoms in total. The van der Waals surface area contributed by atoms with Gasteiger partial charge < -0.3 is 4.52 Å². The lowest BCUT2D eigenvalue weighted by Gasteiger charge is -2.09. The second kappa shape index (κ2) is 3.28. The minimum Gasteiger partial charge on any atom is -0.440 e. The summed E-state index contributed by atoms with van der Waals surface area (Å²) in [4.78, 5) is 0. The van der Waals surface area contributed by atoms with Crippen molar-refractivity contribution < 1.29 is 13.5 Å². The average molecular weight is 188 g/mol. The summed E-state index contributed by atoms with van der Waals surface area (Å²) in [6.45, 7) is 2.89. The van der Waals surface area contributed by atoms with E-state index in [1.807, 2.05) is 0 Å². The van der Waals surface area contributed by atoms with Gasteiger partial charge in [0.05, 0.1) is 0 Å². The van der Waals surface area contributed by atoms with E-state index < -0.39 is 13.2 Å². The van der Waals surface area contributed by atoms with E-state index in [2.05, 4.69) is 0 Å². The third-order valence-corrected chi connectivity index (χ3v) is 1.79. The Bertz CT molecular complexity index is 319. The zero-order valence-corrected chi connectivity index (χ0v) is 7.85. The van der Waals surface area contributed by atoms with Crippen molar-refractivity contribution in [3.63, 3.8) is 0 Å². The summed E-state index contributed by atoms with van der Waals surface area (Å²) in [5.74, 6) is -0.438. The average Bonchev–Trinajstić information content (AvgIpc) is 1.91. The van der Waals surface area contributed by atoms with Gasteiger partial charge in [0, 0.05) is 13.3 Å². The molecule has 1 rings (SSSR count). The van der Waals surface area contributed by atoms with Crippen molar-refractivity contribution in [1.29, 1.82) is 0 Å². The zero-order chi connectivity index (χ0) is 9.19. The molecule has 0 saturated heterocycles. The summed E-state index contributed by atoms with van der Waals surface area (Å²) in [7, 11) is -2.65. The second-order valence-electron chi connectivity index (χ2n) is 2.77. The van der Waals surface area contributed by atoms with Crippen LogP contribution in [0.2, 0.25) is 0 Å². The SMILES string of the molecule is CP(C)(=O)Oc1ccccc1F. The fourth-order valence-corrected chi connectivity index (χ4v) is 1.38. The molecular weight excluding hydrogens is 178 g/mol. The summed E-state index contributed by atoms with van der Waals surface area (Å²) >= 11 is 0. The largest absolute Gasteiger partial charge is 0.440 e. The molecule has 1 aromatic carbocycles. The van der Waals surface area contributed by atoms with Crippen molar-refractivity contribution in [3.8, 4) is 5.75 Å². The highest BCUT2D eigenvalue weighted by Gasteiger charge is 2.11. The Morgan fingerprint density at radius 3 is 2.42 bits per heavy atom. The van der Waals surface area contributed by atoms with Crippen molar-refractivity contribution in [2.75, 3.05) is 13.3 Å². The van der Waals surface area contributed by atoms with Gasteiger partial charge >= 0.3 is 0 Å². The first-order valence-electron chi connectivity index (χ1n) is 3.48. The minimum absolute atomic E-state index is 0.0471. The molecule has 12 heavy (non-hydrogen) atoms. The van der Waals surface area contributed by atoms with Crippen LogP contribution in [0.15, 0.2) is 24.3 Å². The van der Waals surface area contributed by atoms with Gasteiger partial charge in [0.1, 0.15) is 0 Å². The molecule has 0 radical (unpaired) electrons. The first-order chi connectivity index (χ1) is 5.49. The predicted octanol–water partition coefficient (Wildman–Crippen LogP) is 2.74. The maximum absolute atomic E-state index is 12.9. The van der Waals surface area contributed by atoms with E-state index >= 15 is 0 Å². The number of para-hydroxylation sites is 1. The number of benzene rings is 1. The second-order valence-corrected chi connectivity index (χ2v) is 5.46. The van der Waals surface area contributed by atoms with Crippen molar-refractivity contribution >= 4 is 7.37 Å². The van der Waals surface area contributed by atoms with Gasteiger partial charge in [0.2, 0.25) is 7.37 Å². The van der Waals surface area contributed by atoms with Crippen LogP contribution in [0.4, 0.5) is 4.39 Å². The number of hydrogen-bond donors (Lipinski definition) is 0. The fraction of sp³-hybridized carbons (Fsp3) is 0.250. The van der Waals surface area contributed by atoms with Crippen LogP contribution in [0.25, 0.3) is 0 Å². The highest BCUT2D eigenvalue weighted by Crippen LogP contribution is 2.39. The third kappa shape index (κ3) is 2.67. The summed E-state index contributed by atoms with van der Waals surface area (Å²) in [5, 5.41) is 0. The molecule has 0 aliphatic heterocycles. The van der Waals surface area contributed by atoms with Gasteiger partial charge in [0.15, 0.2) is 11.6 Å². The summed E-state index contributed by atoms with van der Waals surface area (Å²) < 4.78 is 28.9. The lowest BCUT2D eigenvalue weighted by molar-refractivity contribution is 0.468. The van der Waals surface area contributed by atoms with E-state index in [1.165, 1.54) is 25.5 Å². The topological polar surface area (TPSA) is 26.3 Å². The Morgan fingerprint density at radius 2 is 1.92 bits per heavy atom. The van der Waals surface area contributed by atoms with Crippen LogP contribution in [-0.2, 0) is 4.57 Å². The Balaban J connectivity index is 2.90. The van der Waals surface area contributed by atoms with Crippen molar-refractivity contribution in [3.05, 3.63) is 30.1 Å². The molecule has 0 aromatic heterocycles. The van der Waals surface area contributed by atoms with Crippen LogP contribution in [0.5, 0.6) is 5.75 Å². The van der Waals surface area contributed by atoms with Crippen LogP contribution >= 0.6 is 7.37 Å². The van der Waals surface area contributed by atoms with Gasteiger partial charge in [-0.3, -0.25) is 4.57 Å². The van der Waals surface area contributed by atoms with Crippen LogP contribution in [0.3, 0.4) is 0 Å². The van der Waals surface area contributed by atoms with Gasteiger partial charge in [-0.2, -0.15) is 0 Å². The van der Waals surface area contributed by atoms with Crippen LogP contribution < -0.4 is 4.52 Å². The smallest absolute Gasteiger partial charge is 0.242 e. The Kier molecular flexibility index (Phi) is 2.53. The van der Waals surface area contributed by atoms with Gasteiger partial charge in [-0.05, 0) is 12.1 Å². The highest BCUT2D eigenvalue weighted by atomic mass is 31.2. The molecule has 4 heteroatoms. The van der Waals surface area contributed by atoms with E-state index in [-0.39, 0.29) is 5.75 Å². The monoisotopic (exact) mass is 188 g/mol. The van der Waals surface area contributed by atoms with E-state index in [0.29, 0.717) is 0 Å². The Hall–Kier alpha value is -0.820. The first kappa shape index (κ1) is 9.27. The molecule has 0 unspecified atom stereocenters. The summed E-state index contributed by atoms with van der Waals surface area (Å²) in [6, 6.07) is 5.91. The molecule has 0 amide bonds.